The third-order valence-electron chi connectivity index (χ3n) is 13.3. The first-order valence-corrected chi connectivity index (χ1v) is 26.7. The normalized spacial score (nSPS) is 18.5. The zero-order valence-electron chi connectivity index (χ0n) is 47.9. The molecular weight excluding hydrogens is 905 g/mol. The quantitative estimate of drug-likeness (QED) is 0.0765. The average Bonchev–Trinajstić information content (AvgIpc) is 3.33. The lowest BCUT2D eigenvalue weighted by atomic mass is 9.72. The van der Waals surface area contributed by atoms with Gasteiger partial charge in [-0.3, -0.25) is 9.59 Å². The minimum atomic E-state index is -0.304. The van der Waals surface area contributed by atoms with E-state index in [2.05, 4.69) is 168 Å². The molecule has 1 aromatic carbocycles. The summed E-state index contributed by atoms with van der Waals surface area (Å²) >= 11 is 0. The Balaban J connectivity index is 1.33. The first kappa shape index (κ1) is 61.8. The van der Waals surface area contributed by atoms with Crippen LogP contribution in [0.25, 0.3) is 0 Å². The first-order valence-electron chi connectivity index (χ1n) is 26.7. The number of esters is 2. The van der Waals surface area contributed by atoms with Gasteiger partial charge in [0.15, 0.2) is 0 Å². The van der Waals surface area contributed by atoms with Crippen LogP contribution in [0.15, 0.2) is 237 Å². The molecule has 0 fully saturated rings. The molecule has 0 atom stereocenters. The SMILES string of the molecule is CC1=C(/C=C/C(C)=C/C=C/C(C)=C/C=C/C=C(C)/C=C/C=C(\C)COC(=O)Cc2ccc(CC(=O)OC/C(C)=C/C=C/C(C)=C/C=C/C=C(C)/C=C/C=C(C)/C=C/C3=C(C)CCCC3(C)C)cc2)C(C)(C)CCC1. The van der Waals surface area contributed by atoms with Crippen LogP contribution >= 0.6 is 0 Å². The predicted octanol–water partition coefficient (Wildman–Crippen LogP) is 18.9. The summed E-state index contributed by atoms with van der Waals surface area (Å²) in [7, 11) is 0. The molecule has 2 aliphatic rings. The molecule has 0 amide bonds. The molecule has 4 heteroatoms. The Bertz CT molecular complexity index is 2460. The first-order chi connectivity index (χ1) is 35.1. The van der Waals surface area contributed by atoms with Gasteiger partial charge in [-0.05, 0) is 152 Å². The molecule has 0 radical (unpaired) electrons. The average molecular weight is 995 g/mol. The van der Waals surface area contributed by atoms with Crippen LogP contribution in [-0.2, 0) is 31.9 Å². The summed E-state index contributed by atoms with van der Waals surface area (Å²) in [5, 5.41) is 0. The molecule has 3 rings (SSSR count). The zero-order valence-corrected chi connectivity index (χ0v) is 47.9. The Labute approximate surface area is 449 Å². The summed E-state index contributed by atoms with van der Waals surface area (Å²) in [5.41, 5.74) is 17.1. The third kappa shape index (κ3) is 25.4. The van der Waals surface area contributed by atoms with Gasteiger partial charge in [-0.2, -0.15) is 0 Å². The summed E-state index contributed by atoms with van der Waals surface area (Å²) in [4.78, 5) is 25.2. The van der Waals surface area contributed by atoms with E-state index in [9.17, 15) is 9.59 Å². The third-order valence-corrected chi connectivity index (χ3v) is 13.3. The number of carbonyl (C=O) groups is 2. The van der Waals surface area contributed by atoms with E-state index in [1.54, 1.807) is 0 Å². The van der Waals surface area contributed by atoms with Crippen LogP contribution in [0, 0.1) is 10.8 Å². The molecule has 0 bridgehead atoms. The largest absolute Gasteiger partial charge is 0.461 e. The molecule has 0 N–H and O–H groups in total. The maximum absolute atomic E-state index is 12.6. The van der Waals surface area contributed by atoms with E-state index in [-0.39, 0.29) is 48.8 Å². The summed E-state index contributed by atoms with van der Waals surface area (Å²) < 4.78 is 11.1. The summed E-state index contributed by atoms with van der Waals surface area (Å²) in [6.45, 7) is 30.9. The van der Waals surface area contributed by atoms with Crippen molar-refractivity contribution in [3.05, 3.63) is 248 Å². The van der Waals surface area contributed by atoms with Crippen molar-refractivity contribution in [2.75, 3.05) is 13.2 Å². The number of benzene rings is 1. The van der Waals surface area contributed by atoms with Gasteiger partial charge >= 0.3 is 11.9 Å². The van der Waals surface area contributed by atoms with Crippen LogP contribution in [0.4, 0.5) is 0 Å². The molecule has 394 valence electrons. The van der Waals surface area contributed by atoms with Crippen molar-refractivity contribution in [1.82, 2.24) is 0 Å². The second kappa shape index (κ2) is 32.6. The van der Waals surface area contributed by atoms with Gasteiger partial charge in [0.25, 0.3) is 0 Å². The summed E-state index contributed by atoms with van der Waals surface area (Å²) in [6.07, 6.45) is 58.1. The molecule has 0 aromatic heterocycles. The maximum atomic E-state index is 12.6. The number of hydrogen-bond donors (Lipinski definition) is 0. The van der Waals surface area contributed by atoms with Gasteiger partial charge in [0, 0.05) is 0 Å². The minimum Gasteiger partial charge on any atom is -0.461 e. The van der Waals surface area contributed by atoms with Gasteiger partial charge in [-0.1, -0.05) is 242 Å². The molecule has 0 unspecified atom stereocenters. The van der Waals surface area contributed by atoms with E-state index >= 15 is 0 Å². The standard InChI is InChI=1S/C70H90O4/c1-53(29-19-33-57(5)39-45-65-61(9)37-23-47-69(65,11)12)25-15-17-27-55(3)31-21-35-59(7)51-73-67(71)49-63-41-43-64(44-42-63)50-68(72)74-52-60(8)36-22-32-56(4)28-18-16-26-54(2)30-20-34-58(6)40-46-66-62(10)38-24-48-70(66,13)14/h15-22,25-36,39-46H,23-24,37-38,47-52H2,1-14H3/b17-15+,18-16+,29-19+,30-20+,31-21+,32-22+,45-39+,46-40+,53-25+,54-26+,55-27+,56-28+,57-33+,58-34+,59-35+,60-36+. The van der Waals surface area contributed by atoms with Crippen molar-refractivity contribution >= 4 is 11.9 Å². The van der Waals surface area contributed by atoms with Gasteiger partial charge in [0.05, 0.1) is 12.8 Å². The molecule has 2 aliphatic carbocycles. The van der Waals surface area contributed by atoms with Crippen molar-refractivity contribution < 1.29 is 19.1 Å². The highest BCUT2D eigenvalue weighted by Crippen LogP contribution is 2.42. The van der Waals surface area contributed by atoms with Crippen LogP contribution in [0.2, 0.25) is 0 Å². The van der Waals surface area contributed by atoms with Crippen LogP contribution in [0.3, 0.4) is 0 Å². The van der Waals surface area contributed by atoms with E-state index in [1.807, 2.05) is 98.9 Å². The Hall–Kier alpha value is -6.52. The van der Waals surface area contributed by atoms with Crippen molar-refractivity contribution in [1.29, 1.82) is 0 Å². The second-order valence-corrected chi connectivity index (χ2v) is 21.7. The highest BCUT2D eigenvalue weighted by atomic mass is 16.5. The predicted molar refractivity (Wildman–Crippen MR) is 320 cm³/mol. The Morgan fingerprint density at radius 1 is 0.432 bits per heavy atom. The fourth-order valence-corrected chi connectivity index (χ4v) is 8.74. The number of hydrogen-bond acceptors (Lipinski definition) is 4. The van der Waals surface area contributed by atoms with Crippen molar-refractivity contribution in [3.63, 3.8) is 0 Å². The number of rotatable bonds is 24. The van der Waals surface area contributed by atoms with Gasteiger partial charge in [-0.25, -0.2) is 0 Å². The van der Waals surface area contributed by atoms with Crippen molar-refractivity contribution in [2.24, 2.45) is 10.8 Å². The fourth-order valence-electron chi connectivity index (χ4n) is 8.74. The topological polar surface area (TPSA) is 52.6 Å². The summed E-state index contributed by atoms with van der Waals surface area (Å²) in [5.74, 6) is -0.607. The van der Waals surface area contributed by atoms with Gasteiger partial charge in [0.2, 0.25) is 0 Å². The fraction of sp³-hybridized carbons (Fsp3) is 0.371. The molecule has 0 saturated heterocycles. The minimum absolute atomic E-state index is 0.154. The molecule has 0 heterocycles. The highest BCUT2D eigenvalue weighted by molar-refractivity contribution is 5.74. The van der Waals surface area contributed by atoms with Gasteiger partial charge < -0.3 is 9.47 Å². The smallest absolute Gasteiger partial charge is 0.310 e. The van der Waals surface area contributed by atoms with Crippen LogP contribution in [0.1, 0.15) is 147 Å². The molecule has 74 heavy (non-hydrogen) atoms. The van der Waals surface area contributed by atoms with Crippen LogP contribution < -0.4 is 0 Å². The van der Waals surface area contributed by atoms with E-state index in [0.29, 0.717) is 0 Å². The van der Waals surface area contributed by atoms with Gasteiger partial charge in [-0.15, -0.1) is 0 Å². The Kier molecular flexibility index (Phi) is 27.2. The molecule has 4 nitrogen and oxygen atoms in total. The zero-order chi connectivity index (χ0) is 54.5. The lowest BCUT2D eigenvalue weighted by Gasteiger charge is -2.33. The van der Waals surface area contributed by atoms with Crippen LogP contribution in [0.5, 0.6) is 0 Å². The maximum Gasteiger partial charge on any atom is 0.310 e. The monoisotopic (exact) mass is 995 g/mol. The number of ether oxygens (including phenoxy) is 2. The van der Waals surface area contributed by atoms with Crippen LogP contribution in [-0.4, -0.2) is 25.2 Å². The molecule has 0 spiro atoms. The second-order valence-electron chi connectivity index (χ2n) is 21.7. The lowest BCUT2D eigenvalue weighted by molar-refractivity contribution is -0.142. The van der Waals surface area contributed by atoms with Crippen molar-refractivity contribution in [3.8, 4) is 0 Å². The summed E-state index contributed by atoms with van der Waals surface area (Å²) in [6, 6.07) is 7.42. The van der Waals surface area contributed by atoms with E-state index < -0.39 is 0 Å². The molecule has 0 saturated carbocycles. The molecule has 0 aliphatic heterocycles. The molecule has 1 aromatic rings. The van der Waals surface area contributed by atoms with E-state index in [0.717, 1.165) is 33.4 Å². The Morgan fingerprint density at radius 3 is 1.03 bits per heavy atom. The highest BCUT2D eigenvalue weighted by Gasteiger charge is 2.27. The molecular formula is C70H90O4. The Morgan fingerprint density at radius 2 is 0.716 bits per heavy atom. The van der Waals surface area contributed by atoms with Crippen molar-refractivity contribution in [2.45, 2.75) is 148 Å². The lowest BCUT2D eigenvalue weighted by Crippen LogP contribution is -2.19. The van der Waals surface area contributed by atoms with Gasteiger partial charge in [0.1, 0.15) is 13.2 Å². The number of allylic oxidation sites excluding steroid dienone is 34. The van der Waals surface area contributed by atoms with E-state index in [4.69, 9.17) is 9.47 Å². The van der Waals surface area contributed by atoms with E-state index in [1.165, 1.54) is 83.1 Å². The number of carbonyl (C=O) groups excluding carboxylic acids is 2.